The van der Waals surface area contributed by atoms with Crippen LogP contribution in [0.25, 0.3) is 11.3 Å². The lowest BCUT2D eigenvalue weighted by atomic mass is 10.0. The zero-order valence-electron chi connectivity index (χ0n) is 14.2. The summed E-state index contributed by atoms with van der Waals surface area (Å²) in [6, 6.07) is 10.1. The van der Waals surface area contributed by atoms with Crippen molar-refractivity contribution in [3.8, 4) is 11.3 Å². The van der Waals surface area contributed by atoms with Gasteiger partial charge in [0.25, 0.3) is 5.91 Å². The fourth-order valence-electron chi connectivity index (χ4n) is 3.36. The molecule has 0 fully saturated rings. The molecule has 1 aliphatic carbocycles. The van der Waals surface area contributed by atoms with Crippen molar-refractivity contribution in [2.24, 2.45) is 7.05 Å². The number of nitrogens with zero attached hydrogens (tertiary/aromatic N) is 4. The second-order valence-corrected chi connectivity index (χ2v) is 6.44. The normalized spacial score (nSPS) is 15.8. The maximum absolute atomic E-state index is 12.4. The molecular formula is C19H19N5O. The van der Waals surface area contributed by atoms with Crippen LogP contribution in [-0.2, 0) is 13.5 Å². The summed E-state index contributed by atoms with van der Waals surface area (Å²) < 4.78 is 1.59. The van der Waals surface area contributed by atoms with Crippen LogP contribution in [0, 0.1) is 6.92 Å². The Bertz CT molecular complexity index is 946. The molecule has 1 aliphatic rings. The first kappa shape index (κ1) is 15.5. The number of fused-ring (bicyclic) bond motifs is 1. The predicted molar refractivity (Wildman–Crippen MR) is 93.9 cm³/mol. The lowest BCUT2D eigenvalue weighted by Gasteiger charge is -2.14. The fraction of sp³-hybridized carbons (Fsp3) is 0.263. The molecule has 0 bridgehead atoms. The third-order valence-electron chi connectivity index (χ3n) is 4.67. The van der Waals surface area contributed by atoms with Crippen LogP contribution in [-0.4, -0.2) is 25.9 Å². The smallest absolute Gasteiger partial charge is 0.270 e. The summed E-state index contributed by atoms with van der Waals surface area (Å²) in [6.45, 7) is 2.01. The van der Waals surface area contributed by atoms with Gasteiger partial charge in [-0.3, -0.25) is 9.48 Å². The molecule has 1 atom stereocenters. The molecule has 4 rings (SSSR count). The van der Waals surface area contributed by atoms with Crippen molar-refractivity contribution in [3.63, 3.8) is 0 Å². The third-order valence-corrected chi connectivity index (χ3v) is 4.67. The number of nitrogens with one attached hydrogen (secondary N) is 1. The van der Waals surface area contributed by atoms with E-state index >= 15 is 0 Å². The highest BCUT2D eigenvalue weighted by Crippen LogP contribution is 2.34. The minimum atomic E-state index is -0.0912. The summed E-state index contributed by atoms with van der Waals surface area (Å²) >= 11 is 0. The maximum Gasteiger partial charge on any atom is 0.270 e. The van der Waals surface area contributed by atoms with Gasteiger partial charge in [-0.1, -0.05) is 12.1 Å². The second-order valence-electron chi connectivity index (χ2n) is 6.44. The lowest BCUT2D eigenvalue weighted by molar-refractivity contribution is 0.0927. The molecule has 1 unspecified atom stereocenters. The number of rotatable bonds is 3. The first-order chi connectivity index (χ1) is 12.1. The molecule has 0 spiro atoms. The molecular weight excluding hydrogens is 314 g/mol. The minimum absolute atomic E-state index is 0.0371. The first-order valence-electron chi connectivity index (χ1n) is 8.33. The highest BCUT2D eigenvalue weighted by Gasteiger charge is 2.25. The molecule has 3 aromatic rings. The van der Waals surface area contributed by atoms with Gasteiger partial charge in [0, 0.05) is 18.8 Å². The van der Waals surface area contributed by atoms with E-state index in [-0.39, 0.29) is 11.9 Å². The summed E-state index contributed by atoms with van der Waals surface area (Å²) in [5, 5.41) is 15.4. The van der Waals surface area contributed by atoms with Gasteiger partial charge < -0.3 is 5.32 Å². The number of carbonyl (C=O) groups is 1. The molecule has 25 heavy (non-hydrogen) atoms. The Balaban J connectivity index is 1.57. The number of hydrogen-bond acceptors (Lipinski definition) is 4. The van der Waals surface area contributed by atoms with Crippen molar-refractivity contribution in [1.29, 1.82) is 0 Å². The zero-order valence-corrected chi connectivity index (χ0v) is 14.2. The molecule has 2 heterocycles. The van der Waals surface area contributed by atoms with E-state index in [0.717, 1.165) is 29.7 Å². The Kier molecular flexibility index (Phi) is 3.80. The molecule has 6 nitrogen and oxygen atoms in total. The quantitative estimate of drug-likeness (QED) is 0.800. The monoisotopic (exact) mass is 333 g/mol. The van der Waals surface area contributed by atoms with E-state index in [1.54, 1.807) is 30.2 Å². The molecule has 1 aromatic carbocycles. The van der Waals surface area contributed by atoms with Gasteiger partial charge in [-0.2, -0.15) is 15.3 Å². The van der Waals surface area contributed by atoms with Crippen molar-refractivity contribution >= 4 is 5.91 Å². The summed E-state index contributed by atoms with van der Waals surface area (Å²) in [7, 11) is 1.77. The number of hydrogen-bond donors (Lipinski definition) is 1. The fourth-order valence-corrected chi connectivity index (χ4v) is 3.36. The summed E-state index contributed by atoms with van der Waals surface area (Å²) in [5.41, 5.74) is 6.04. The van der Waals surface area contributed by atoms with Crippen molar-refractivity contribution in [1.82, 2.24) is 25.3 Å². The lowest BCUT2D eigenvalue weighted by Crippen LogP contribution is -2.28. The van der Waals surface area contributed by atoms with Gasteiger partial charge in [0.15, 0.2) is 0 Å². The predicted octanol–water partition coefficient (Wildman–Crippen LogP) is 2.60. The number of aromatic nitrogens is 4. The highest BCUT2D eigenvalue weighted by atomic mass is 16.2. The van der Waals surface area contributed by atoms with Crippen LogP contribution >= 0.6 is 0 Å². The Morgan fingerprint density at radius 3 is 2.92 bits per heavy atom. The third kappa shape index (κ3) is 2.91. The number of amides is 1. The summed E-state index contributed by atoms with van der Waals surface area (Å²) in [4.78, 5) is 12.4. The molecule has 1 N–H and O–H groups in total. The SMILES string of the molecule is Cc1cnnc(-c2ccc3c(c2)CCC3NC(=O)c2ccnn2C)c1. The Labute approximate surface area is 145 Å². The molecule has 0 saturated heterocycles. The van der Waals surface area contributed by atoms with E-state index in [0.29, 0.717) is 5.69 Å². The molecule has 2 aromatic heterocycles. The van der Waals surface area contributed by atoms with Crippen LogP contribution in [0.15, 0.2) is 42.7 Å². The average Bonchev–Trinajstić information content (AvgIpc) is 3.21. The van der Waals surface area contributed by atoms with Crippen LogP contribution in [0.2, 0.25) is 0 Å². The van der Waals surface area contributed by atoms with E-state index in [4.69, 9.17) is 0 Å². The van der Waals surface area contributed by atoms with Crippen molar-refractivity contribution in [2.45, 2.75) is 25.8 Å². The van der Waals surface area contributed by atoms with Crippen molar-refractivity contribution in [3.05, 3.63) is 65.1 Å². The summed E-state index contributed by atoms with van der Waals surface area (Å²) in [5.74, 6) is -0.0912. The van der Waals surface area contributed by atoms with E-state index in [2.05, 4.69) is 38.8 Å². The van der Waals surface area contributed by atoms with Gasteiger partial charge in [-0.25, -0.2) is 0 Å². The van der Waals surface area contributed by atoms with Crippen LogP contribution in [0.1, 0.15) is 39.6 Å². The topological polar surface area (TPSA) is 72.7 Å². The number of aryl methyl sites for hydroxylation is 3. The largest absolute Gasteiger partial charge is 0.344 e. The van der Waals surface area contributed by atoms with E-state index in [9.17, 15) is 4.79 Å². The Morgan fingerprint density at radius 1 is 1.28 bits per heavy atom. The number of carbonyl (C=O) groups excluding carboxylic acids is 1. The van der Waals surface area contributed by atoms with Gasteiger partial charge in [0.2, 0.25) is 0 Å². The van der Waals surface area contributed by atoms with Crippen LogP contribution in [0.3, 0.4) is 0 Å². The Morgan fingerprint density at radius 2 is 2.16 bits per heavy atom. The number of benzene rings is 1. The van der Waals surface area contributed by atoms with Crippen molar-refractivity contribution in [2.75, 3.05) is 0 Å². The molecule has 126 valence electrons. The van der Waals surface area contributed by atoms with Gasteiger partial charge in [0.05, 0.1) is 17.9 Å². The molecule has 0 aliphatic heterocycles. The molecule has 0 saturated carbocycles. The maximum atomic E-state index is 12.4. The van der Waals surface area contributed by atoms with Crippen LogP contribution < -0.4 is 5.32 Å². The Hall–Kier alpha value is -3.02. The van der Waals surface area contributed by atoms with E-state index < -0.39 is 0 Å². The minimum Gasteiger partial charge on any atom is -0.344 e. The molecule has 1 amide bonds. The van der Waals surface area contributed by atoms with Gasteiger partial charge >= 0.3 is 0 Å². The van der Waals surface area contributed by atoms with E-state index in [1.807, 2.05) is 13.0 Å². The highest BCUT2D eigenvalue weighted by molar-refractivity contribution is 5.92. The van der Waals surface area contributed by atoms with Crippen molar-refractivity contribution < 1.29 is 4.79 Å². The summed E-state index contributed by atoms with van der Waals surface area (Å²) in [6.07, 6.45) is 5.23. The van der Waals surface area contributed by atoms with Gasteiger partial charge in [-0.05, 0) is 54.7 Å². The molecule has 6 heteroatoms. The molecule has 0 radical (unpaired) electrons. The first-order valence-corrected chi connectivity index (χ1v) is 8.33. The van der Waals surface area contributed by atoms with E-state index in [1.165, 1.54) is 11.1 Å². The average molecular weight is 333 g/mol. The zero-order chi connectivity index (χ0) is 17.4. The van der Waals surface area contributed by atoms with Crippen LogP contribution in [0.5, 0.6) is 0 Å². The standard InChI is InChI=1S/C19H19N5O/c1-12-9-17(23-20-11-12)14-3-5-15-13(10-14)4-6-16(15)22-19(25)18-7-8-21-24(18)2/h3,5,7-11,16H,4,6H2,1-2H3,(H,22,25). The van der Waals surface area contributed by atoms with Gasteiger partial charge in [-0.15, -0.1) is 0 Å². The van der Waals surface area contributed by atoms with Crippen LogP contribution in [0.4, 0.5) is 0 Å². The second kappa shape index (κ2) is 6.12. The van der Waals surface area contributed by atoms with Gasteiger partial charge in [0.1, 0.15) is 5.69 Å².